The Morgan fingerprint density at radius 2 is 1.93 bits per heavy atom. The summed E-state index contributed by atoms with van der Waals surface area (Å²) in [6, 6.07) is 0.738. The molecule has 2 rings (SSSR count). The Kier molecular flexibility index (Phi) is 3.06. The second-order valence-electron chi connectivity index (χ2n) is 4.75. The maximum absolute atomic E-state index is 11.6. The van der Waals surface area contributed by atoms with Gasteiger partial charge >= 0.3 is 0 Å². The van der Waals surface area contributed by atoms with E-state index in [1.807, 2.05) is 0 Å². The summed E-state index contributed by atoms with van der Waals surface area (Å²) < 4.78 is 0. The van der Waals surface area contributed by atoms with Gasteiger partial charge in [0.25, 0.3) is 0 Å². The monoisotopic (exact) mass is 196 g/mol. The molecule has 0 aromatic heterocycles. The lowest BCUT2D eigenvalue weighted by molar-refractivity contribution is -0.123. The van der Waals surface area contributed by atoms with Crippen molar-refractivity contribution in [3.8, 4) is 0 Å². The molecule has 0 aromatic rings. The fourth-order valence-electron chi connectivity index (χ4n) is 2.40. The standard InChI is InChI=1S/C11H20N2O/c12-10-6-1-3-8(10)7-11(14)13-9-4-2-5-9/h8-10H,1-7,12H2,(H,13,14). The van der Waals surface area contributed by atoms with Gasteiger partial charge in [-0.05, 0) is 38.0 Å². The third kappa shape index (κ3) is 2.27. The molecule has 1 amide bonds. The van der Waals surface area contributed by atoms with Gasteiger partial charge < -0.3 is 11.1 Å². The van der Waals surface area contributed by atoms with Crippen LogP contribution >= 0.6 is 0 Å². The van der Waals surface area contributed by atoms with Crippen molar-refractivity contribution >= 4 is 5.91 Å². The fraction of sp³-hybridized carbons (Fsp3) is 0.909. The highest BCUT2D eigenvalue weighted by molar-refractivity contribution is 5.76. The van der Waals surface area contributed by atoms with Crippen LogP contribution in [0.3, 0.4) is 0 Å². The number of rotatable bonds is 3. The lowest BCUT2D eigenvalue weighted by Gasteiger charge is -2.27. The van der Waals surface area contributed by atoms with Crippen molar-refractivity contribution in [2.75, 3.05) is 0 Å². The zero-order chi connectivity index (χ0) is 9.97. The Morgan fingerprint density at radius 3 is 2.43 bits per heavy atom. The molecular formula is C11H20N2O. The van der Waals surface area contributed by atoms with Crippen LogP contribution in [0.1, 0.15) is 44.9 Å². The molecule has 3 N–H and O–H groups in total. The number of nitrogens with two attached hydrogens (primary N) is 1. The van der Waals surface area contributed by atoms with E-state index in [-0.39, 0.29) is 11.9 Å². The Labute approximate surface area is 85.4 Å². The third-order valence-electron chi connectivity index (χ3n) is 3.64. The minimum Gasteiger partial charge on any atom is -0.353 e. The third-order valence-corrected chi connectivity index (χ3v) is 3.64. The lowest BCUT2D eigenvalue weighted by atomic mass is 9.92. The highest BCUT2D eigenvalue weighted by Gasteiger charge is 2.27. The first-order valence-electron chi connectivity index (χ1n) is 5.80. The molecule has 0 heterocycles. The summed E-state index contributed by atoms with van der Waals surface area (Å²) in [7, 11) is 0. The number of carbonyl (C=O) groups is 1. The molecule has 0 bridgehead atoms. The van der Waals surface area contributed by atoms with Gasteiger partial charge in [0, 0.05) is 18.5 Å². The Morgan fingerprint density at radius 1 is 1.21 bits per heavy atom. The molecule has 0 aromatic carbocycles. The van der Waals surface area contributed by atoms with Crippen LogP contribution in [0.4, 0.5) is 0 Å². The van der Waals surface area contributed by atoms with Crippen LogP contribution in [0.15, 0.2) is 0 Å². The molecule has 0 radical (unpaired) electrons. The van der Waals surface area contributed by atoms with Gasteiger partial charge in [-0.25, -0.2) is 0 Å². The molecule has 2 saturated carbocycles. The first-order valence-corrected chi connectivity index (χ1v) is 5.80. The first kappa shape index (κ1) is 9.97. The molecule has 3 heteroatoms. The average Bonchev–Trinajstić information content (AvgIpc) is 2.45. The summed E-state index contributed by atoms with van der Waals surface area (Å²) in [6.07, 6.45) is 7.69. The summed E-state index contributed by atoms with van der Waals surface area (Å²) >= 11 is 0. The molecule has 0 spiro atoms. The Hall–Kier alpha value is -0.570. The van der Waals surface area contributed by atoms with Crippen molar-refractivity contribution < 1.29 is 4.79 Å². The maximum atomic E-state index is 11.6. The largest absolute Gasteiger partial charge is 0.353 e. The number of hydrogen-bond acceptors (Lipinski definition) is 2. The van der Waals surface area contributed by atoms with Crippen molar-refractivity contribution in [2.45, 2.75) is 57.0 Å². The quantitative estimate of drug-likeness (QED) is 0.712. The van der Waals surface area contributed by atoms with E-state index in [4.69, 9.17) is 5.73 Å². The van der Waals surface area contributed by atoms with Gasteiger partial charge in [-0.1, -0.05) is 6.42 Å². The van der Waals surface area contributed by atoms with Gasteiger partial charge in [0.2, 0.25) is 5.91 Å². The predicted octanol–water partition coefficient (Wildman–Crippen LogP) is 1.17. The molecule has 0 aliphatic heterocycles. The zero-order valence-electron chi connectivity index (χ0n) is 8.67. The summed E-state index contributed by atoms with van der Waals surface area (Å²) in [5.74, 6) is 0.659. The van der Waals surface area contributed by atoms with E-state index in [0.717, 1.165) is 12.8 Å². The van der Waals surface area contributed by atoms with Gasteiger partial charge in [0.15, 0.2) is 0 Å². The van der Waals surface area contributed by atoms with Crippen LogP contribution < -0.4 is 11.1 Å². The first-order chi connectivity index (χ1) is 6.75. The Balaban J connectivity index is 1.70. The van der Waals surface area contributed by atoms with Gasteiger partial charge in [-0.15, -0.1) is 0 Å². The molecule has 2 aliphatic rings. The van der Waals surface area contributed by atoms with Gasteiger partial charge in [0.1, 0.15) is 0 Å². The minimum absolute atomic E-state index is 0.219. The fourth-order valence-corrected chi connectivity index (χ4v) is 2.40. The molecule has 0 saturated heterocycles. The summed E-state index contributed by atoms with van der Waals surface area (Å²) in [5, 5.41) is 3.07. The molecule has 2 fully saturated rings. The number of nitrogens with one attached hydrogen (secondary N) is 1. The molecule has 14 heavy (non-hydrogen) atoms. The van der Waals surface area contributed by atoms with Crippen LogP contribution in [-0.2, 0) is 4.79 Å². The molecular weight excluding hydrogens is 176 g/mol. The molecule has 2 unspecified atom stereocenters. The van der Waals surface area contributed by atoms with Crippen LogP contribution in [0.2, 0.25) is 0 Å². The van der Waals surface area contributed by atoms with E-state index in [9.17, 15) is 4.79 Å². The highest BCUT2D eigenvalue weighted by Crippen LogP contribution is 2.27. The van der Waals surface area contributed by atoms with Crippen molar-refractivity contribution in [3.05, 3.63) is 0 Å². The van der Waals surface area contributed by atoms with Crippen molar-refractivity contribution in [3.63, 3.8) is 0 Å². The summed E-state index contributed by atoms with van der Waals surface area (Å²) in [4.78, 5) is 11.6. The predicted molar refractivity (Wildman–Crippen MR) is 55.7 cm³/mol. The molecule has 3 nitrogen and oxygen atoms in total. The van der Waals surface area contributed by atoms with Crippen LogP contribution in [0, 0.1) is 5.92 Å². The van der Waals surface area contributed by atoms with E-state index >= 15 is 0 Å². The summed E-state index contributed by atoms with van der Waals surface area (Å²) in [5.41, 5.74) is 5.92. The summed E-state index contributed by atoms with van der Waals surface area (Å²) in [6.45, 7) is 0. The smallest absolute Gasteiger partial charge is 0.220 e. The van der Waals surface area contributed by atoms with Gasteiger partial charge in [0.05, 0.1) is 0 Å². The number of amides is 1. The van der Waals surface area contributed by atoms with Crippen LogP contribution in [0.5, 0.6) is 0 Å². The average molecular weight is 196 g/mol. The zero-order valence-corrected chi connectivity index (χ0v) is 8.67. The van der Waals surface area contributed by atoms with E-state index in [1.165, 1.54) is 25.7 Å². The number of hydrogen-bond donors (Lipinski definition) is 2. The highest BCUT2D eigenvalue weighted by atomic mass is 16.1. The van der Waals surface area contributed by atoms with Gasteiger partial charge in [-0.3, -0.25) is 4.79 Å². The lowest BCUT2D eigenvalue weighted by Crippen LogP contribution is -2.41. The van der Waals surface area contributed by atoms with Crippen LogP contribution in [0.25, 0.3) is 0 Å². The van der Waals surface area contributed by atoms with E-state index in [1.54, 1.807) is 0 Å². The van der Waals surface area contributed by atoms with Crippen molar-refractivity contribution in [2.24, 2.45) is 11.7 Å². The second kappa shape index (κ2) is 4.30. The van der Waals surface area contributed by atoms with Gasteiger partial charge in [-0.2, -0.15) is 0 Å². The maximum Gasteiger partial charge on any atom is 0.220 e. The van der Waals surface area contributed by atoms with E-state index < -0.39 is 0 Å². The normalized spacial score (nSPS) is 32.6. The number of carbonyl (C=O) groups excluding carboxylic acids is 1. The molecule has 2 aliphatic carbocycles. The van der Waals surface area contributed by atoms with Crippen LogP contribution in [-0.4, -0.2) is 18.0 Å². The van der Waals surface area contributed by atoms with E-state index in [2.05, 4.69) is 5.32 Å². The Bertz CT molecular complexity index is 213. The topological polar surface area (TPSA) is 55.1 Å². The van der Waals surface area contributed by atoms with Crippen molar-refractivity contribution in [1.29, 1.82) is 0 Å². The van der Waals surface area contributed by atoms with Crippen molar-refractivity contribution in [1.82, 2.24) is 5.32 Å². The second-order valence-corrected chi connectivity index (χ2v) is 4.75. The SMILES string of the molecule is NC1CCCC1CC(=O)NC1CCC1. The molecule has 2 atom stereocenters. The molecule has 80 valence electrons. The van der Waals surface area contributed by atoms with E-state index in [0.29, 0.717) is 18.4 Å². The minimum atomic E-state index is 0.219.